The van der Waals surface area contributed by atoms with Crippen LogP contribution in [-0.2, 0) is 16.7 Å². The van der Waals surface area contributed by atoms with Gasteiger partial charge in [-0.15, -0.1) is 12.4 Å². The minimum atomic E-state index is -0.241. The Bertz CT molecular complexity index is 724. The van der Waals surface area contributed by atoms with E-state index in [9.17, 15) is 0 Å². The van der Waals surface area contributed by atoms with E-state index in [2.05, 4.69) is 28.3 Å². The van der Waals surface area contributed by atoms with Gasteiger partial charge in [0, 0.05) is 31.9 Å². The van der Waals surface area contributed by atoms with Gasteiger partial charge in [0.15, 0.2) is 0 Å². The van der Waals surface area contributed by atoms with E-state index in [-0.39, 0.29) is 17.8 Å². The van der Waals surface area contributed by atoms with E-state index >= 15 is 0 Å². The molecule has 0 spiro atoms. The van der Waals surface area contributed by atoms with Gasteiger partial charge in [-0.05, 0) is 50.4 Å². The van der Waals surface area contributed by atoms with Crippen LogP contribution in [0.3, 0.4) is 0 Å². The van der Waals surface area contributed by atoms with Crippen molar-refractivity contribution in [3.63, 3.8) is 0 Å². The Balaban J connectivity index is 0.00000210. The molecule has 0 radical (unpaired) electrons. The van der Waals surface area contributed by atoms with E-state index in [0.717, 1.165) is 24.9 Å². The predicted molar refractivity (Wildman–Crippen MR) is 107 cm³/mol. The van der Waals surface area contributed by atoms with Gasteiger partial charge < -0.3 is 15.0 Å². The number of likely N-dealkylation sites (tertiary alicyclic amines) is 1. The van der Waals surface area contributed by atoms with E-state index in [1.165, 1.54) is 37.9 Å². The summed E-state index contributed by atoms with van der Waals surface area (Å²) < 4.78 is 11.1. The molecule has 3 heterocycles. The third-order valence-corrected chi connectivity index (χ3v) is 5.76. The second kappa shape index (κ2) is 9.15. The van der Waals surface area contributed by atoms with Gasteiger partial charge in [-0.25, -0.2) is 0 Å². The summed E-state index contributed by atoms with van der Waals surface area (Å²) in [4.78, 5) is 7.23. The third-order valence-electron chi connectivity index (χ3n) is 5.76. The number of hydrogen-bond acceptors (Lipinski definition) is 6. The lowest BCUT2D eigenvalue weighted by Crippen LogP contribution is -2.40. The normalized spacial score (nSPS) is 20.2. The fraction of sp³-hybridized carbons (Fsp3) is 0.600. The number of halogens is 1. The van der Waals surface area contributed by atoms with Crippen molar-refractivity contribution in [1.29, 1.82) is 0 Å². The van der Waals surface area contributed by atoms with E-state index in [1.807, 2.05) is 6.07 Å². The zero-order valence-electron chi connectivity index (χ0n) is 15.7. The largest absolute Gasteiger partial charge is 0.381 e. The van der Waals surface area contributed by atoms with Gasteiger partial charge in [-0.3, -0.25) is 4.90 Å². The minimum Gasteiger partial charge on any atom is -0.381 e. The zero-order valence-corrected chi connectivity index (χ0v) is 16.5. The first kappa shape index (κ1) is 20.3. The van der Waals surface area contributed by atoms with Crippen LogP contribution in [0.25, 0.3) is 11.4 Å². The standard InChI is InChI=1S/C20H28N4O2.ClH/c21-15-20(7-11-25-12-8-20)19-22-18(23-26-19)17-6-4-5-16(13-17)14-24-9-2-1-3-10-24;/h4-6,13H,1-3,7-12,14-15,21H2;1H. The van der Waals surface area contributed by atoms with Crippen LogP contribution in [0.2, 0.25) is 0 Å². The predicted octanol–water partition coefficient (Wildman–Crippen LogP) is 3.15. The summed E-state index contributed by atoms with van der Waals surface area (Å²) in [7, 11) is 0. The lowest BCUT2D eigenvalue weighted by molar-refractivity contribution is 0.0409. The lowest BCUT2D eigenvalue weighted by atomic mass is 9.80. The summed E-state index contributed by atoms with van der Waals surface area (Å²) in [6.45, 7) is 5.27. The smallest absolute Gasteiger partial charge is 0.234 e. The van der Waals surface area contributed by atoms with Crippen LogP contribution < -0.4 is 5.73 Å². The highest BCUT2D eigenvalue weighted by molar-refractivity contribution is 5.85. The Kier molecular flexibility index (Phi) is 6.87. The molecule has 1 aromatic heterocycles. The number of aromatic nitrogens is 2. The lowest BCUT2D eigenvalue weighted by Gasteiger charge is -2.32. The molecular weight excluding hydrogens is 364 g/mol. The summed E-state index contributed by atoms with van der Waals surface area (Å²) >= 11 is 0. The van der Waals surface area contributed by atoms with Crippen molar-refractivity contribution in [3.05, 3.63) is 35.7 Å². The Morgan fingerprint density at radius 1 is 1.11 bits per heavy atom. The molecule has 0 saturated carbocycles. The molecule has 2 aliphatic heterocycles. The Labute approximate surface area is 166 Å². The number of ether oxygens (including phenoxy) is 1. The van der Waals surface area contributed by atoms with E-state index in [1.54, 1.807) is 0 Å². The van der Waals surface area contributed by atoms with E-state index < -0.39 is 0 Å². The molecule has 0 amide bonds. The average Bonchev–Trinajstić information content (AvgIpc) is 3.20. The van der Waals surface area contributed by atoms with Crippen LogP contribution in [0, 0.1) is 0 Å². The Morgan fingerprint density at radius 3 is 2.63 bits per heavy atom. The molecule has 4 rings (SSSR count). The molecule has 7 heteroatoms. The number of rotatable bonds is 5. The van der Waals surface area contributed by atoms with Crippen molar-refractivity contribution in [2.75, 3.05) is 32.8 Å². The SMILES string of the molecule is Cl.NCC1(c2nc(-c3cccc(CN4CCCCC4)c3)no2)CCOCC1. The van der Waals surface area contributed by atoms with E-state index in [4.69, 9.17) is 20.0 Å². The topological polar surface area (TPSA) is 77.4 Å². The molecule has 1 aromatic carbocycles. The Morgan fingerprint density at radius 2 is 1.89 bits per heavy atom. The monoisotopic (exact) mass is 392 g/mol. The quantitative estimate of drug-likeness (QED) is 0.842. The van der Waals surface area contributed by atoms with Gasteiger partial charge >= 0.3 is 0 Å². The van der Waals surface area contributed by atoms with Gasteiger partial charge in [-0.2, -0.15) is 4.98 Å². The van der Waals surface area contributed by atoms with Gasteiger partial charge in [0.25, 0.3) is 0 Å². The number of benzene rings is 1. The fourth-order valence-corrected chi connectivity index (χ4v) is 4.01. The molecule has 0 unspecified atom stereocenters. The second-order valence-corrected chi connectivity index (χ2v) is 7.56. The summed E-state index contributed by atoms with van der Waals surface area (Å²) in [6.07, 6.45) is 5.63. The van der Waals surface area contributed by atoms with Crippen molar-refractivity contribution < 1.29 is 9.26 Å². The number of piperidine rings is 1. The van der Waals surface area contributed by atoms with Gasteiger partial charge in [0.2, 0.25) is 11.7 Å². The van der Waals surface area contributed by atoms with Crippen molar-refractivity contribution in [1.82, 2.24) is 15.0 Å². The molecule has 2 fully saturated rings. The minimum absolute atomic E-state index is 0. The van der Waals surface area contributed by atoms with Gasteiger partial charge in [-0.1, -0.05) is 29.8 Å². The maximum absolute atomic E-state index is 6.06. The fourth-order valence-electron chi connectivity index (χ4n) is 4.01. The van der Waals surface area contributed by atoms with Crippen LogP contribution in [0.4, 0.5) is 0 Å². The average molecular weight is 393 g/mol. The van der Waals surface area contributed by atoms with Gasteiger partial charge in [0.1, 0.15) is 0 Å². The zero-order chi connectivity index (χ0) is 17.8. The molecule has 0 atom stereocenters. The first-order valence-corrected chi connectivity index (χ1v) is 9.73. The molecule has 6 nitrogen and oxygen atoms in total. The second-order valence-electron chi connectivity index (χ2n) is 7.56. The van der Waals surface area contributed by atoms with Gasteiger partial charge in [0.05, 0.1) is 5.41 Å². The number of nitrogens with two attached hydrogens (primary N) is 1. The molecular formula is C20H29ClN4O2. The first-order chi connectivity index (χ1) is 12.8. The molecule has 2 aromatic rings. The molecule has 0 aliphatic carbocycles. The van der Waals surface area contributed by atoms with Crippen LogP contribution in [0.1, 0.15) is 43.6 Å². The van der Waals surface area contributed by atoms with Crippen molar-refractivity contribution in [3.8, 4) is 11.4 Å². The van der Waals surface area contributed by atoms with Crippen LogP contribution in [-0.4, -0.2) is 47.9 Å². The van der Waals surface area contributed by atoms with Crippen molar-refractivity contribution in [2.24, 2.45) is 5.73 Å². The number of hydrogen-bond donors (Lipinski definition) is 1. The first-order valence-electron chi connectivity index (χ1n) is 9.73. The summed E-state index contributed by atoms with van der Waals surface area (Å²) in [5.74, 6) is 1.31. The number of nitrogens with zero attached hydrogens (tertiary/aromatic N) is 3. The molecule has 2 aliphatic rings. The molecule has 27 heavy (non-hydrogen) atoms. The molecule has 0 bridgehead atoms. The molecule has 2 N–H and O–H groups in total. The summed E-state index contributed by atoms with van der Waals surface area (Å²) in [6, 6.07) is 8.49. The highest BCUT2D eigenvalue weighted by Crippen LogP contribution is 2.33. The summed E-state index contributed by atoms with van der Waals surface area (Å²) in [5, 5.41) is 4.25. The van der Waals surface area contributed by atoms with Crippen LogP contribution in [0.15, 0.2) is 28.8 Å². The van der Waals surface area contributed by atoms with Crippen LogP contribution in [0.5, 0.6) is 0 Å². The highest BCUT2D eigenvalue weighted by Gasteiger charge is 2.38. The van der Waals surface area contributed by atoms with Crippen molar-refractivity contribution >= 4 is 12.4 Å². The van der Waals surface area contributed by atoms with Crippen LogP contribution >= 0.6 is 12.4 Å². The van der Waals surface area contributed by atoms with E-state index in [0.29, 0.717) is 31.5 Å². The summed E-state index contributed by atoms with van der Waals surface area (Å²) in [5.41, 5.74) is 8.13. The molecule has 148 valence electrons. The van der Waals surface area contributed by atoms with Crippen molar-refractivity contribution in [2.45, 2.75) is 44.1 Å². The Hall–Kier alpha value is -1.47. The third kappa shape index (κ3) is 4.51. The maximum atomic E-state index is 6.06. The molecule has 2 saturated heterocycles. The highest BCUT2D eigenvalue weighted by atomic mass is 35.5. The maximum Gasteiger partial charge on any atom is 0.234 e.